The Morgan fingerprint density at radius 1 is 1.25 bits per heavy atom. The zero-order chi connectivity index (χ0) is 19.3. The van der Waals surface area contributed by atoms with Gasteiger partial charge in [0.2, 0.25) is 0 Å². The Kier molecular flexibility index (Phi) is 4.12. The maximum atomic E-state index is 14.3. The van der Waals surface area contributed by atoms with Crippen molar-refractivity contribution in [2.24, 2.45) is 0 Å². The zero-order valence-electron chi connectivity index (χ0n) is 15.3. The Morgan fingerprint density at radius 3 is 2.82 bits per heavy atom. The molecule has 0 spiro atoms. The molecule has 3 aromatic heterocycles. The Labute approximate surface area is 160 Å². The van der Waals surface area contributed by atoms with E-state index in [2.05, 4.69) is 20.6 Å². The summed E-state index contributed by atoms with van der Waals surface area (Å²) >= 11 is 0. The molecule has 3 aromatic rings. The molecule has 2 fully saturated rings. The molecule has 2 aliphatic rings. The van der Waals surface area contributed by atoms with Crippen LogP contribution in [0.15, 0.2) is 24.4 Å². The lowest BCUT2D eigenvalue weighted by atomic mass is 10.2. The molecule has 28 heavy (non-hydrogen) atoms. The van der Waals surface area contributed by atoms with Crippen LogP contribution in [0.2, 0.25) is 0 Å². The highest BCUT2D eigenvalue weighted by Gasteiger charge is 2.30. The maximum Gasteiger partial charge on any atom is 0.157 e. The molecule has 2 atom stereocenters. The predicted molar refractivity (Wildman–Crippen MR) is 99.9 cm³/mol. The highest BCUT2D eigenvalue weighted by molar-refractivity contribution is 5.62. The van der Waals surface area contributed by atoms with Crippen LogP contribution in [-0.4, -0.2) is 52.0 Å². The first-order chi connectivity index (χ1) is 13.6. The topological polar surface area (TPSA) is 76.4 Å². The summed E-state index contributed by atoms with van der Waals surface area (Å²) < 4.78 is 35.3. The molecule has 0 aromatic carbocycles. The molecule has 1 aliphatic heterocycles. The third-order valence-corrected chi connectivity index (χ3v) is 5.19. The fourth-order valence-corrected chi connectivity index (χ4v) is 3.57. The number of halogens is 2. The van der Waals surface area contributed by atoms with Crippen molar-refractivity contribution in [3.8, 4) is 17.1 Å². The van der Waals surface area contributed by atoms with Gasteiger partial charge < -0.3 is 15.4 Å². The number of ether oxygens (including phenoxy) is 1. The number of hydrogen-bond acceptors (Lipinski definition) is 6. The van der Waals surface area contributed by atoms with Gasteiger partial charge in [-0.1, -0.05) is 0 Å². The maximum absolute atomic E-state index is 14.3. The van der Waals surface area contributed by atoms with Crippen LogP contribution in [0.5, 0.6) is 5.75 Å². The molecule has 2 N–H and O–H groups in total. The molecule has 0 unspecified atom stereocenters. The normalized spacial score (nSPS) is 22.0. The van der Waals surface area contributed by atoms with Crippen molar-refractivity contribution in [3.63, 3.8) is 0 Å². The largest absolute Gasteiger partial charge is 0.495 e. The Bertz CT molecular complexity index is 1030. The lowest BCUT2D eigenvalue weighted by molar-refractivity contribution is 0.342. The van der Waals surface area contributed by atoms with Crippen molar-refractivity contribution in [3.05, 3.63) is 35.9 Å². The fourth-order valence-electron chi connectivity index (χ4n) is 3.57. The van der Waals surface area contributed by atoms with Gasteiger partial charge in [-0.15, -0.1) is 0 Å². The average molecular weight is 386 g/mol. The van der Waals surface area contributed by atoms with Crippen LogP contribution in [0.3, 0.4) is 0 Å². The first-order valence-corrected chi connectivity index (χ1v) is 9.34. The summed E-state index contributed by atoms with van der Waals surface area (Å²) in [6, 6.07) is 4.00. The number of hydrogen-bond donors (Lipinski definition) is 2. The van der Waals surface area contributed by atoms with Gasteiger partial charge in [0.25, 0.3) is 0 Å². The van der Waals surface area contributed by atoms with E-state index in [9.17, 15) is 8.78 Å². The van der Waals surface area contributed by atoms with Gasteiger partial charge in [0, 0.05) is 37.2 Å². The van der Waals surface area contributed by atoms with Gasteiger partial charge in [-0.3, -0.25) is 0 Å². The van der Waals surface area contributed by atoms with Crippen molar-refractivity contribution < 1.29 is 13.5 Å². The summed E-state index contributed by atoms with van der Waals surface area (Å²) in [7, 11) is 1.62. The summed E-state index contributed by atoms with van der Waals surface area (Å²) in [5, 5.41) is 10.6. The number of nitrogens with one attached hydrogen (secondary N) is 2. The second kappa shape index (κ2) is 6.66. The molecule has 0 bridgehead atoms. The number of fused-ring (bicyclic) bond motifs is 1. The standard InChI is InChI=1S/C19H20F2N6O/c1-28-16-6-18-23-9-15(27(18)26-19(16)10-2-3-10)13-4-11(20)5-17(24-13)25-14-8-22-7-12(14)21/h4-6,9-10,12,14,22H,2-3,7-8H2,1H3,(H,24,25)/t12-,14-/m0/s1. The van der Waals surface area contributed by atoms with E-state index < -0.39 is 18.0 Å². The monoisotopic (exact) mass is 386 g/mol. The second-order valence-electron chi connectivity index (χ2n) is 7.27. The smallest absolute Gasteiger partial charge is 0.157 e. The van der Waals surface area contributed by atoms with E-state index in [-0.39, 0.29) is 12.4 Å². The van der Waals surface area contributed by atoms with Gasteiger partial charge in [-0.05, 0) is 12.8 Å². The van der Waals surface area contributed by atoms with Crippen LogP contribution in [-0.2, 0) is 0 Å². The van der Waals surface area contributed by atoms with Crippen LogP contribution in [0, 0.1) is 5.82 Å². The number of anilines is 1. The van der Waals surface area contributed by atoms with Crippen molar-refractivity contribution in [1.29, 1.82) is 0 Å². The number of pyridine rings is 1. The molecule has 0 amide bonds. The summed E-state index contributed by atoms with van der Waals surface area (Å²) in [5.41, 5.74) is 2.43. The van der Waals surface area contributed by atoms with E-state index in [0.29, 0.717) is 35.2 Å². The van der Waals surface area contributed by atoms with Crippen LogP contribution in [0.1, 0.15) is 24.5 Å². The van der Waals surface area contributed by atoms with E-state index in [1.165, 1.54) is 12.1 Å². The van der Waals surface area contributed by atoms with E-state index >= 15 is 0 Å². The quantitative estimate of drug-likeness (QED) is 0.702. The van der Waals surface area contributed by atoms with Crippen molar-refractivity contribution in [2.45, 2.75) is 31.0 Å². The fraction of sp³-hybridized carbons (Fsp3) is 0.421. The minimum Gasteiger partial charge on any atom is -0.495 e. The van der Waals surface area contributed by atoms with Crippen LogP contribution >= 0.6 is 0 Å². The Balaban J connectivity index is 1.55. The SMILES string of the molecule is COc1cc2ncc(-c3cc(F)cc(N[C@H]4CNC[C@@H]4F)n3)n2nc1C1CC1. The number of aromatic nitrogens is 4. The molecule has 7 nitrogen and oxygen atoms in total. The first-order valence-electron chi connectivity index (χ1n) is 9.34. The number of methoxy groups -OCH3 is 1. The van der Waals surface area contributed by atoms with Gasteiger partial charge >= 0.3 is 0 Å². The molecule has 1 aliphatic carbocycles. The number of imidazole rings is 1. The van der Waals surface area contributed by atoms with Gasteiger partial charge in [0.1, 0.15) is 34.9 Å². The number of nitrogens with zero attached hydrogens (tertiary/aromatic N) is 4. The third-order valence-electron chi connectivity index (χ3n) is 5.19. The number of alkyl halides is 1. The Morgan fingerprint density at radius 2 is 2.11 bits per heavy atom. The van der Waals surface area contributed by atoms with E-state index in [1.54, 1.807) is 17.8 Å². The summed E-state index contributed by atoms with van der Waals surface area (Å²) in [6.07, 6.45) is 2.72. The van der Waals surface area contributed by atoms with Crippen molar-refractivity contribution >= 4 is 11.5 Å². The molecular weight excluding hydrogens is 366 g/mol. The van der Waals surface area contributed by atoms with Gasteiger partial charge in [-0.2, -0.15) is 5.10 Å². The minimum absolute atomic E-state index is 0.281. The molecule has 0 radical (unpaired) electrons. The predicted octanol–water partition coefficient (Wildman–Crippen LogP) is 2.54. The average Bonchev–Trinajstić information content (AvgIpc) is 3.33. The summed E-state index contributed by atoms with van der Waals surface area (Å²) in [6.45, 7) is 0.749. The van der Waals surface area contributed by atoms with Crippen LogP contribution < -0.4 is 15.4 Å². The second-order valence-corrected chi connectivity index (χ2v) is 7.27. The number of rotatable bonds is 5. The summed E-state index contributed by atoms with van der Waals surface area (Å²) in [5.74, 6) is 0.921. The third kappa shape index (κ3) is 3.05. The highest BCUT2D eigenvalue weighted by atomic mass is 19.1. The van der Waals surface area contributed by atoms with E-state index in [1.807, 2.05) is 6.07 Å². The molecule has 146 valence electrons. The first kappa shape index (κ1) is 17.3. The van der Waals surface area contributed by atoms with Crippen LogP contribution in [0.4, 0.5) is 14.6 Å². The lowest BCUT2D eigenvalue weighted by Gasteiger charge is -2.15. The highest BCUT2D eigenvalue weighted by Crippen LogP contribution is 2.43. The van der Waals surface area contributed by atoms with Gasteiger partial charge in [0.05, 0.1) is 25.0 Å². The van der Waals surface area contributed by atoms with Gasteiger partial charge in [0.15, 0.2) is 5.65 Å². The lowest BCUT2D eigenvalue weighted by Crippen LogP contribution is -2.29. The molecule has 1 saturated carbocycles. The molecule has 4 heterocycles. The van der Waals surface area contributed by atoms with E-state index in [4.69, 9.17) is 9.84 Å². The van der Waals surface area contributed by atoms with Crippen molar-refractivity contribution in [1.82, 2.24) is 24.9 Å². The van der Waals surface area contributed by atoms with Crippen LogP contribution in [0.25, 0.3) is 17.0 Å². The van der Waals surface area contributed by atoms with E-state index in [0.717, 1.165) is 18.5 Å². The van der Waals surface area contributed by atoms with Gasteiger partial charge in [-0.25, -0.2) is 23.3 Å². The van der Waals surface area contributed by atoms with Crippen molar-refractivity contribution in [2.75, 3.05) is 25.5 Å². The minimum atomic E-state index is -1.04. The summed E-state index contributed by atoms with van der Waals surface area (Å²) in [4.78, 5) is 8.85. The molecular formula is C19H20F2N6O. The Hall–Kier alpha value is -2.81. The zero-order valence-corrected chi connectivity index (χ0v) is 15.3. The molecule has 9 heteroatoms. The molecule has 1 saturated heterocycles. The molecule has 5 rings (SSSR count).